The monoisotopic (exact) mass is 354 g/mol. The smallest absolute Gasteiger partial charge is 0.287 e. The van der Waals surface area contributed by atoms with Crippen LogP contribution < -0.4 is 10.1 Å². The molecule has 1 N–H and O–H groups in total. The Labute approximate surface area is 154 Å². The highest BCUT2D eigenvalue weighted by Crippen LogP contribution is 2.21. The highest BCUT2D eigenvalue weighted by atomic mass is 16.5. The fourth-order valence-electron chi connectivity index (χ4n) is 3.10. The molecule has 2 aromatic rings. The maximum atomic E-state index is 12.4. The number of carbonyl (C=O) groups is 1. The van der Waals surface area contributed by atoms with Crippen LogP contribution in [0.3, 0.4) is 0 Å². The predicted molar refractivity (Wildman–Crippen MR) is 101 cm³/mol. The number of nitrogens with zero attached hydrogens (tertiary/aromatic N) is 1. The maximum absolute atomic E-state index is 12.4. The van der Waals surface area contributed by atoms with E-state index < -0.39 is 0 Å². The van der Waals surface area contributed by atoms with Crippen LogP contribution in [0, 0.1) is 0 Å². The normalized spacial score (nSPS) is 15.6. The van der Waals surface area contributed by atoms with E-state index in [1.54, 1.807) is 12.1 Å². The number of nitrogens with one attached hydrogen (secondary N) is 1. The summed E-state index contributed by atoms with van der Waals surface area (Å²) >= 11 is 0. The third kappa shape index (κ3) is 4.76. The number of furan rings is 1. The Kier molecular flexibility index (Phi) is 6.12. The molecule has 1 fully saturated rings. The number of amides is 1. The van der Waals surface area contributed by atoms with E-state index in [1.807, 2.05) is 30.3 Å². The molecule has 2 heterocycles. The molecule has 1 aliphatic heterocycles. The van der Waals surface area contributed by atoms with Gasteiger partial charge in [0.25, 0.3) is 5.91 Å². The SMILES string of the molecule is C=CCc1ccccc1OCc1ccc(C(=O)NC2CCN(C)CC2)o1. The molecule has 26 heavy (non-hydrogen) atoms. The number of carbonyl (C=O) groups excluding carboxylic acids is 1. The van der Waals surface area contributed by atoms with Gasteiger partial charge in [-0.15, -0.1) is 6.58 Å². The minimum absolute atomic E-state index is 0.155. The summed E-state index contributed by atoms with van der Waals surface area (Å²) in [7, 11) is 2.10. The van der Waals surface area contributed by atoms with Gasteiger partial charge in [0.15, 0.2) is 5.76 Å². The standard InChI is InChI=1S/C21H26N2O3/c1-3-6-16-7-4-5-8-19(16)25-15-18-9-10-20(26-18)21(24)22-17-11-13-23(2)14-12-17/h3-5,7-10,17H,1,6,11-15H2,2H3,(H,22,24). The third-order valence-electron chi connectivity index (χ3n) is 4.65. The van der Waals surface area contributed by atoms with Gasteiger partial charge in [0.05, 0.1) is 0 Å². The van der Waals surface area contributed by atoms with Crippen molar-refractivity contribution in [3.05, 3.63) is 66.1 Å². The second kappa shape index (κ2) is 8.72. The van der Waals surface area contributed by atoms with Crippen molar-refractivity contribution < 1.29 is 13.9 Å². The van der Waals surface area contributed by atoms with E-state index in [9.17, 15) is 4.79 Å². The van der Waals surface area contributed by atoms with Gasteiger partial charge in [-0.3, -0.25) is 4.79 Å². The van der Waals surface area contributed by atoms with Crippen LogP contribution in [0.25, 0.3) is 0 Å². The van der Waals surface area contributed by atoms with Crippen molar-refractivity contribution in [2.24, 2.45) is 0 Å². The Hall–Kier alpha value is -2.53. The molecule has 0 aliphatic carbocycles. The van der Waals surface area contributed by atoms with Crippen LogP contribution in [0.15, 0.2) is 53.5 Å². The van der Waals surface area contributed by atoms with Gasteiger partial charge < -0.3 is 19.4 Å². The topological polar surface area (TPSA) is 54.7 Å². The molecule has 0 bridgehead atoms. The molecule has 0 atom stereocenters. The lowest BCUT2D eigenvalue weighted by molar-refractivity contribution is 0.0884. The van der Waals surface area contributed by atoms with Gasteiger partial charge >= 0.3 is 0 Å². The van der Waals surface area contributed by atoms with Crippen molar-refractivity contribution in [1.29, 1.82) is 0 Å². The zero-order valence-electron chi connectivity index (χ0n) is 15.2. The fraction of sp³-hybridized carbons (Fsp3) is 0.381. The van der Waals surface area contributed by atoms with E-state index in [-0.39, 0.29) is 18.6 Å². The second-order valence-electron chi connectivity index (χ2n) is 6.71. The molecule has 1 saturated heterocycles. The van der Waals surface area contributed by atoms with Gasteiger partial charge in [0, 0.05) is 6.04 Å². The summed E-state index contributed by atoms with van der Waals surface area (Å²) in [6.45, 7) is 6.07. The zero-order chi connectivity index (χ0) is 18.4. The first-order chi connectivity index (χ1) is 12.7. The molecule has 1 amide bonds. The number of ether oxygens (including phenoxy) is 1. The van der Waals surface area contributed by atoms with Crippen LogP contribution in [0.4, 0.5) is 0 Å². The van der Waals surface area contributed by atoms with Crippen LogP contribution in [0.2, 0.25) is 0 Å². The first-order valence-electron chi connectivity index (χ1n) is 9.05. The van der Waals surface area contributed by atoms with Crippen molar-refractivity contribution in [3.63, 3.8) is 0 Å². The number of hydrogen-bond donors (Lipinski definition) is 1. The first kappa shape index (κ1) is 18.3. The van der Waals surface area contributed by atoms with Gasteiger partial charge in [-0.05, 0) is 63.2 Å². The average molecular weight is 354 g/mol. The predicted octanol–water partition coefficient (Wildman–Crippen LogP) is 3.41. The average Bonchev–Trinajstić information content (AvgIpc) is 3.12. The van der Waals surface area contributed by atoms with Gasteiger partial charge in [-0.25, -0.2) is 0 Å². The van der Waals surface area contributed by atoms with Gasteiger partial charge in [-0.1, -0.05) is 24.3 Å². The number of allylic oxidation sites excluding steroid dienone is 1. The summed E-state index contributed by atoms with van der Waals surface area (Å²) in [5.74, 6) is 1.62. The molecule has 3 rings (SSSR count). The van der Waals surface area contributed by atoms with Crippen LogP contribution in [-0.4, -0.2) is 37.0 Å². The second-order valence-corrected chi connectivity index (χ2v) is 6.71. The molecular formula is C21H26N2O3. The van der Waals surface area contributed by atoms with E-state index in [1.165, 1.54) is 0 Å². The molecule has 138 valence electrons. The third-order valence-corrected chi connectivity index (χ3v) is 4.65. The van der Waals surface area contributed by atoms with E-state index >= 15 is 0 Å². The van der Waals surface area contributed by atoms with Gasteiger partial charge in [0.2, 0.25) is 0 Å². The van der Waals surface area contributed by atoms with E-state index in [4.69, 9.17) is 9.15 Å². The lowest BCUT2D eigenvalue weighted by atomic mass is 10.1. The quantitative estimate of drug-likeness (QED) is 0.774. The van der Waals surface area contributed by atoms with Crippen LogP contribution in [0.1, 0.15) is 34.7 Å². The van der Waals surface area contributed by atoms with Crippen LogP contribution >= 0.6 is 0 Å². The highest BCUT2D eigenvalue weighted by molar-refractivity contribution is 5.91. The fourth-order valence-corrected chi connectivity index (χ4v) is 3.10. The van der Waals surface area contributed by atoms with Crippen molar-refractivity contribution in [2.75, 3.05) is 20.1 Å². The molecule has 0 unspecified atom stereocenters. The summed E-state index contributed by atoms with van der Waals surface area (Å²) in [4.78, 5) is 14.6. The van der Waals surface area contributed by atoms with Crippen molar-refractivity contribution >= 4 is 5.91 Å². The zero-order valence-corrected chi connectivity index (χ0v) is 15.2. The molecule has 0 spiro atoms. The molecule has 1 aromatic heterocycles. The number of para-hydroxylation sites is 1. The Morgan fingerprint density at radius 3 is 2.85 bits per heavy atom. The Bertz CT molecular complexity index is 745. The molecule has 0 radical (unpaired) electrons. The highest BCUT2D eigenvalue weighted by Gasteiger charge is 2.20. The molecule has 5 nitrogen and oxygen atoms in total. The summed E-state index contributed by atoms with van der Waals surface area (Å²) < 4.78 is 11.5. The van der Waals surface area contributed by atoms with Gasteiger partial charge in [-0.2, -0.15) is 0 Å². The summed E-state index contributed by atoms with van der Waals surface area (Å²) in [5.41, 5.74) is 1.08. The lowest BCUT2D eigenvalue weighted by Gasteiger charge is -2.29. The summed E-state index contributed by atoms with van der Waals surface area (Å²) in [6, 6.07) is 11.6. The van der Waals surface area contributed by atoms with Crippen molar-refractivity contribution in [2.45, 2.75) is 31.9 Å². The van der Waals surface area contributed by atoms with E-state index in [0.717, 1.165) is 43.7 Å². The summed E-state index contributed by atoms with van der Waals surface area (Å²) in [5, 5.41) is 3.06. The maximum Gasteiger partial charge on any atom is 0.287 e. The van der Waals surface area contributed by atoms with Crippen LogP contribution in [0.5, 0.6) is 5.75 Å². The van der Waals surface area contributed by atoms with E-state index in [2.05, 4.69) is 23.8 Å². The number of benzene rings is 1. The van der Waals surface area contributed by atoms with Crippen LogP contribution in [-0.2, 0) is 13.0 Å². The number of hydrogen-bond acceptors (Lipinski definition) is 4. The minimum atomic E-state index is -0.155. The molecule has 1 aromatic carbocycles. The Morgan fingerprint density at radius 1 is 1.31 bits per heavy atom. The Morgan fingerprint density at radius 2 is 2.08 bits per heavy atom. The van der Waals surface area contributed by atoms with E-state index in [0.29, 0.717) is 11.5 Å². The number of likely N-dealkylation sites (tertiary alicyclic amines) is 1. The Balaban J connectivity index is 1.54. The largest absolute Gasteiger partial charge is 0.485 e. The molecular weight excluding hydrogens is 328 g/mol. The minimum Gasteiger partial charge on any atom is -0.485 e. The van der Waals surface area contributed by atoms with Crippen molar-refractivity contribution in [1.82, 2.24) is 10.2 Å². The molecule has 0 saturated carbocycles. The first-order valence-corrected chi connectivity index (χ1v) is 9.05. The number of rotatable bonds is 7. The van der Waals surface area contributed by atoms with Gasteiger partial charge in [0.1, 0.15) is 18.1 Å². The molecule has 5 heteroatoms. The summed E-state index contributed by atoms with van der Waals surface area (Å²) in [6.07, 6.45) is 4.54. The number of piperidine rings is 1. The lowest BCUT2D eigenvalue weighted by Crippen LogP contribution is -2.43. The van der Waals surface area contributed by atoms with Crippen molar-refractivity contribution in [3.8, 4) is 5.75 Å². The molecule has 1 aliphatic rings.